The van der Waals surface area contributed by atoms with Gasteiger partial charge in [-0.3, -0.25) is 0 Å². The van der Waals surface area contributed by atoms with Crippen molar-refractivity contribution in [2.24, 2.45) is 0 Å². The van der Waals surface area contributed by atoms with E-state index in [1.807, 2.05) is 24.3 Å². The van der Waals surface area contributed by atoms with E-state index >= 15 is 0 Å². The number of aliphatic hydroxyl groups excluding tert-OH is 1. The Kier molecular flexibility index (Phi) is 6.78. The number of anilines is 2. The Hall–Kier alpha value is -3.70. The van der Waals surface area contributed by atoms with Crippen molar-refractivity contribution in [2.45, 2.75) is 44.4 Å². The second kappa shape index (κ2) is 10.1. The molecule has 1 aliphatic carbocycles. The Labute approximate surface area is 185 Å². The molecule has 1 aliphatic rings. The highest BCUT2D eigenvalue weighted by Gasteiger charge is 2.21. The van der Waals surface area contributed by atoms with Gasteiger partial charge in [0.25, 0.3) is 0 Å². The summed E-state index contributed by atoms with van der Waals surface area (Å²) in [6, 6.07) is 15.7. The lowest BCUT2D eigenvalue weighted by Crippen LogP contribution is -2.29. The van der Waals surface area contributed by atoms with E-state index < -0.39 is 0 Å². The number of hydrogen-bond donors (Lipinski definition) is 3. The summed E-state index contributed by atoms with van der Waals surface area (Å²) in [6.45, 7) is 0.401. The van der Waals surface area contributed by atoms with Crippen LogP contribution in [-0.4, -0.2) is 27.2 Å². The molecular formula is C24H24FN5O2. The van der Waals surface area contributed by atoms with E-state index in [0.717, 1.165) is 31.2 Å². The highest BCUT2D eigenvalue weighted by Crippen LogP contribution is 2.27. The first kappa shape index (κ1) is 21.5. The first-order valence-corrected chi connectivity index (χ1v) is 10.6. The van der Waals surface area contributed by atoms with Crippen LogP contribution in [0.5, 0.6) is 11.5 Å². The fourth-order valence-electron chi connectivity index (χ4n) is 3.63. The molecule has 0 bridgehead atoms. The molecule has 0 amide bonds. The molecule has 1 fully saturated rings. The van der Waals surface area contributed by atoms with Gasteiger partial charge in [0.2, 0.25) is 5.95 Å². The van der Waals surface area contributed by atoms with E-state index in [2.05, 4.69) is 26.7 Å². The fraction of sp³-hybridized carbons (Fsp3) is 0.292. The van der Waals surface area contributed by atoms with Gasteiger partial charge < -0.3 is 20.5 Å². The Morgan fingerprint density at radius 3 is 2.59 bits per heavy atom. The monoisotopic (exact) mass is 433 g/mol. The lowest BCUT2D eigenvalue weighted by molar-refractivity contribution is 0.126. The average molecular weight is 433 g/mol. The highest BCUT2D eigenvalue weighted by atomic mass is 19.1. The van der Waals surface area contributed by atoms with Crippen molar-refractivity contribution >= 4 is 11.8 Å². The van der Waals surface area contributed by atoms with Gasteiger partial charge in [0.05, 0.1) is 12.3 Å². The van der Waals surface area contributed by atoms with Gasteiger partial charge in [0, 0.05) is 18.2 Å². The van der Waals surface area contributed by atoms with E-state index in [9.17, 15) is 14.8 Å². The maximum atomic E-state index is 13.1. The lowest BCUT2D eigenvalue weighted by atomic mass is 9.93. The van der Waals surface area contributed by atoms with Crippen LogP contribution in [0.1, 0.15) is 36.8 Å². The minimum Gasteiger partial charge on any atom is -0.457 e. The Morgan fingerprint density at radius 1 is 1.09 bits per heavy atom. The summed E-state index contributed by atoms with van der Waals surface area (Å²) < 4.78 is 19.0. The number of hydrogen-bond acceptors (Lipinski definition) is 7. The normalized spacial score (nSPS) is 17.9. The molecule has 2 aromatic carbocycles. The maximum Gasteiger partial charge on any atom is 0.224 e. The van der Waals surface area contributed by atoms with Gasteiger partial charge in [0.1, 0.15) is 34.8 Å². The molecule has 7 nitrogen and oxygen atoms in total. The number of rotatable bonds is 7. The van der Waals surface area contributed by atoms with E-state index in [0.29, 0.717) is 35.4 Å². The summed E-state index contributed by atoms with van der Waals surface area (Å²) in [5.41, 5.74) is 1.25. The first-order chi connectivity index (χ1) is 15.6. The zero-order chi connectivity index (χ0) is 22.3. The summed E-state index contributed by atoms with van der Waals surface area (Å²) in [7, 11) is 0. The number of halogens is 1. The summed E-state index contributed by atoms with van der Waals surface area (Å²) in [6.07, 6.45) is 4.38. The second-order valence-corrected chi connectivity index (χ2v) is 7.73. The molecular weight excluding hydrogens is 409 g/mol. The van der Waals surface area contributed by atoms with Crippen LogP contribution in [0.25, 0.3) is 0 Å². The predicted octanol–water partition coefficient (Wildman–Crippen LogP) is 4.61. The van der Waals surface area contributed by atoms with Crippen molar-refractivity contribution in [3.05, 3.63) is 71.7 Å². The number of nitriles is 1. The summed E-state index contributed by atoms with van der Waals surface area (Å²) in [5.74, 6) is 1.73. The molecule has 1 heterocycles. The van der Waals surface area contributed by atoms with Crippen molar-refractivity contribution in [3.63, 3.8) is 0 Å². The van der Waals surface area contributed by atoms with E-state index in [4.69, 9.17) is 4.74 Å². The van der Waals surface area contributed by atoms with Gasteiger partial charge in [-0.25, -0.2) is 9.37 Å². The van der Waals surface area contributed by atoms with Crippen LogP contribution in [-0.2, 0) is 6.54 Å². The average Bonchev–Trinajstić information content (AvgIpc) is 2.81. The quantitative estimate of drug-likeness (QED) is 0.500. The van der Waals surface area contributed by atoms with E-state index in [1.54, 1.807) is 12.1 Å². The minimum atomic E-state index is -0.320. The van der Waals surface area contributed by atoms with Crippen molar-refractivity contribution in [3.8, 4) is 17.6 Å². The third-order valence-corrected chi connectivity index (χ3v) is 5.40. The van der Waals surface area contributed by atoms with Crippen LogP contribution < -0.4 is 15.4 Å². The largest absolute Gasteiger partial charge is 0.457 e. The van der Waals surface area contributed by atoms with Crippen LogP contribution in [0.15, 0.2) is 54.7 Å². The van der Waals surface area contributed by atoms with Crippen molar-refractivity contribution in [2.75, 3.05) is 10.6 Å². The van der Waals surface area contributed by atoms with Crippen LogP contribution in [0.3, 0.4) is 0 Å². The molecule has 164 valence electrons. The number of nitrogens with zero attached hydrogens (tertiary/aromatic N) is 3. The molecule has 32 heavy (non-hydrogen) atoms. The van der Waals surface area contributed by atoms with Crippen LogP contribution in [0.4, 0.5) is 16.2 Å². The number of aromatic nitrogens is 2. The minimum absolute atomic E-state index is 0.165. The zero-order valence-electron chi connectivity index (χ0n) is 17.5. The third-order valence-electron chi connectivity index (χ3n) is 5.40. The van der Waals surface area contributed by atoms with Gasteiger partial charge in [-0.15, -0.1) is 0 Å². The number of aliphatic hydroxyl groups is 1. The Balaban J connectivity index is 1.45. The van der Waals surface area contributed by atoms with Gasteiger partial charge in [-0.2, -0.15) is 10.2 Å². The molecule has 0 unspecified atom stereocenters. The third kappa shape index (κ3) is 5.50. The highest BCUT2D eigenvalue weighted by molar-refractivity contribution is 5.54. The molecule has 8 heteroatoms. The van der Waals surface area contributed by atoms with Gasteiger partial charge in [-0.05, 0) is 56.0 Å². The number of ether oxygens (including phenoxy) is 1. The molecule has 3 N–H and O–H groups in total. The van der Waals surface area contributed by atoms with Crippen molar-refractivity contribution in [1.82, 2.24) is 9.97 Å². The predicted molar refractivity (Wildman–Crippen MR) is 119 cm³/mol. The summed E-state index contributed by atoms with van der Waals surface area (Å²) in [5, 5.41) is 25.6. The summed E-state index contributed by atoms with van der Waals surface area (Å²) >= 11 is 0. The van der Waals surface area contributed by atoms with Crippen LogP contribution >= 0.6 is 0 Å². The molecule has 0 aliphatic heterocycles. The molecule has 0 atom stereocenters. The van der Waals surface area contributed by atoms with Crippen LogP contribution in [0, 0.1) is 17.1 Å². The number of para-hydroxylation sites is 1. The van der Waals surface area contributed by atoms with Crippen molar-refractivity contribution in [1.29, 1.82) is 5.26 Å². The van der Waals surface area contributed by atoms with Gasteiger partial charge >= 0.3 is 0 Å². The fourth-order valence-corrected chi connectivity index (χ4v) is 3.63. The zero-order valence-corrected chi connectivity index (χ0v) is 17.5. The molecule has 0 radical (unpaired) electrons. The smallest absolute Gasteiger partial charge is 0.224 e. The Morgan fingerprint density at radius 2 is 1.84 bits per heavy atom. The molecule has 0 saturated heterocycles. The topological polar surface area (TPSA) is 103 Å². The molecule has 1 aromatic heterocycles. The van der Waals surface area contributed by atoms with Crippen LogP contribution in [0.2, 0.25) is 0 Å². The molecule has 0 spiro atoms. The van der Waals surface area contributed by atoms with Crippen molar-refractivity contribution < 1.29 is 14.2 Å². The number of nitrogens with one attached hydrogen (secondary N) is 2. The SMILES string of the molecule is N#Cc1cnc(NCc2ccccc2Oc2ccc(F)cc2)nc1N[C@H]1CC[C@@H](O)CC1. The molecule has 4 rings (SSSR count). The standard InChI is InChI=1S/C24H24FN5O2/c25-18-5-11-21(12-6-18)32-22-4-2-1-3-16(22)14-27-24-28-15-17(13-26)23(30-24)29-19-7-9-20(31)10-8-19/h1-6,11-12,15,19-20,31H,7-10,14H2,(H2,27,28,29,30)/t19-,20+. The number of benzene rings is 2. The maximum absolute atomic E-state index is 13.1. The first-order valence-electron chi connectivity index (χ1n) is 10.6. The van der Waals surface area contributed by atoms with Gasteiger partial charge in [0.15, 0.2) is 0 Å². The Bertz CT molecular complexity index is 1090. The molecule has 3 aromatic rings. The van der Waals surface area contributed by atoms with Gasteiger partial charge in [-0.1, -0.05) is 18.2 Å². The van der Waals surface area contributed by atoms with E-state index in [1.165, 1.54) is 18.3 Å². The van der Waals surface area contributed by atoms with E-state index in [-0.39, 0.29) is 18.0 Å². The molecule has 1 saturated carbocycles. The lowest BCUT2D eigenvalue weighted by Gasteiger charge is -2.26. The summed E-state index contributed by atoms with van der Waals surface area (Å²) in [4.78, 5) is 8.74. The second-order valence-electron chi connectivity index (χ2n) is 7.73.